The number of hydrogen-bond donors (Lipinski definition) is 1. The third-order valence-electron chi connectivity index (χ3n) is 4.37. The van der Waals surface area contributed by atoms with Crippen LogP contribution in [0.15, 0.2) is 48.1 Å². The van der Waals surface area contributed by atoms with E-state index in [1.807, 2.05) is 67.2 Å². The molecule has 0 amide bonds. The van der Waals surface area contributed by atoms with Crippen molar-refractivity contribution in [3.8, 4) is 0 Å². The molecule has 6 heteroatoms. The lowest BCUT2D eigenvalue weighted by atomic mass is 9.98. The molecular formula is C20H21N3O2S. The fourth-order valence-electron chi connectivity index (χ4n) is 2.92. The van der Waals surface area contributed by atoms with Gasteiger partial charge in [-0.25, -0.2) is 9.78 Å². The molecule has 0 bridgehead atoms. The minimum absolute atomic E-state index is 0.297. The van der Waals surface area contributed by atoms with Crippen molar-refractivity contribution in [2.24, 2.45) is 7.05 Å². The summed E-state index contributed by atoms with van der Waals surface area (Å²) in [5.74, 6) is -0.0677. The fourth-order valence-corrected chi connectivity index (χ4v) is 3.35. The summed E-state index contributed by atoms with van der Waals surface area (Å²) in [6, 6.07) is 9.81. The first-order valence-electron chi connectivity index (χ1n) is 8.07. The van der Waals surface area contributed by atoms with Gasteiger partial charge in [-0.15, -0.1) is 11.8 Å². The highest BCUT2D eigenvalue weighted by Gasteiger charge is 2.15. The van der Waals surface area contributed by atoms with Crippen LogP contribution in [0.1, 0.15) is 21.5 Å². The van der Waals surface area contributed by atoms with E-state index >= 15 is 0 Å². The van der Waals surface area contributed by atoms with Crippen molar-refractivity contribution in [3.63, 3.8) is 0 Å². The smallest absolute Gasteiger partial charge is 0.337 e. The Balaban J connectivity index is 2.12. The van der Waals surface area contributed by atoms with E-state index in [0.717, 1.165) is 33.1 Å². The quantitative estimate of drug-likeness (QED) is 0.688. The topological polar surface area (TPSA) is 58.4 Å². The number of nitrogens with zero attached hydrogens (tertiary/aromatic N) is 3. The van der Waals surface area contributed by atoms with Gasteiger partial charge >= 0.3 is 5.97 Å². The van der Waals surface area contributed by atoms with Gasteiger partial charge in [-0.3, -0.25) is 0 Å². The number of aryl methyl sites for hydroxylation is 1. The van der Waals surface area contributed by atoms with Crippen molar-refractivity contribution in [1.82, 2.24) is 9.55 Å². The minimum atomic E-state index is -0.929. The Morgan fingerprint density at radius 1 is 1.23 bits per heavy atom. The Labute approximate surface area is 157 Å². The summed E-state index contributed by atoms with van der Waals surface area (Å²) in [4.78, 5) is 18.1. The number of aromatic nitrogens is 2. The number of fused-ring (bicyclic) bond motifs is 1. The minimum Gasteiger partial charge on any atom is -0.478 e. The summed E-state index contributed by atoms with van der Waals surface area (Å²) in [6.07, 6.45) is 3.63. The molecular weight excluding hydrogens is 346 g/mol. The molecule has 0 atom stereocenters. The number of carbonyl (C=O) groups is 1. The van der Waals surface area contributed by atoms with E-state index in [9.17, 15) is 9.90 Å². The molecule has 0 aliphatic carbocycles. The molecule has 0 saturated carbocycles. The van der Waals surface area contributed by atoms with Crippen molar-refractivity contribution < 1.29 is 9.90 Å². The Kier molecular flexibility index (Phi) is 4.78. The molecule has 0 saturated heterocycles. The summed E-state index contributed by atoms with van der Waals surface area (Å²) < 4.78 is 1.83. The zero-order valence-electron chi connectivity index (χ0n) is 15.3. The zero-order valence-corrected chi connectivity index (χ0v) is 16.1. The molecule has 2 heterocycles. The van der Waals surface area contributed by atoms with E-state index in [0.29, 0.717) is 10.9 Å². The Morgan fingerprint density at radius 3 is 2.58 bits per heavy atom. The van der Waals surface area contributed by atoms with Gasteiger partial charge in [-0.1, -0.05) is 12.6 Å². The summed E-state index contributed by atoms with van der Waals surface area (Å²) in [7, 11) is 5.75. The third-order valence-corrected chi connectivity index (χ3v) is 5.00. The van der Waals surface area contributed by atoms with E-state index in [2.05, 4.69) is 11.6 Å². The molecule has 0 unspecified atom stereocenters. The molecule has 0 radical (unpaired) electrons. The molecule has 2 aromatic heterocycles. The van der Waals surface area contributed by atoms with Gasteiger partial charge in [0.05, 0.1) is 10.6 Å². The predicted molar refractivity (Wildman–Crippen MR) is 108 cm³/mol. The first-order chi connectivity index (χ1) is 12.3. The molecule has 3 aromatic rings. The van der Waals surface area contributed by atoms with Crippen molar-refractivity contribution in [1.29, 1.82) is 0 Å². The second-order valence-corrected chi connectivity index (χ2v) is 7.15. The van der Waals surface area contributed by atoms with Crippen molar-refractivity contribution in [3.05, 3.63) is 59.8 Å². The van der Waals surface area contributed by atoms with Crippen LogP contribution in [-0.4, -0.2) is 41.0 Å². The number of anilines is 1. The lowest BCUT2D eigenvalue weighted by Gasteiger charge is -2.15. The molecule has 0 aliphatic heterocycles. The van der Waals surface area contributed by atoms with Gasteiger partial charge in [0.15, 0.2) is 0 Å². The van der Waals surface area contributed by atoms with Crippen LogP contribution >= 0.6 is 11.8 Å². The molecule has 1 N–H and O–H groups in total. The van der Waals surface area contributed by atoms with Crippen LogP contribution in [0.2, 0.25) is 0 Å². The Morgan fingerprint density at radius 2 is 1.96 bits per heavy atom. The maximum atomic E-state index is 11.5. The molecule has 134 valence electrons. The maximum absolute atomic E-state index is 11.5. The normalized spacial score (nSPS) is 10.9. The van der Waals surface area contributed by atoms with Crippen molar-refractivity contribution in [2.45, 2.75) is 5.03 Å². The van der Waals surface area contributed by atoms with Crippen molar-refractivity contribution >= 4 is 40.0 Å². The summed E-state index contributed by atoms with van der Waals surface area (Å²) in [6.45, 7) is 4.25. The SMILES string of the molecule is C=C(c1cc(SC)nc(N(C)C)c1)c1ccc2c(c1)c(C(=O)O)cn2C. The lowest BCUT2D eigenvalue weighted by molar-refractivity contribution is 0.0699. The van der Waals surface area contributed by atoms with E-state index in [-0.39, 0.29) is 0 Å². The van der Waals surface area contributed by atoms with Crippen LogP contribution in [0.3, 0.4) is 0 Å². The highest BCUT2D eigenvalue weighted by Crippen LogP contribution is 2.30. The molecule has 1 aromatic carbocycles. The molecule has 3 rings (SSSR count). The number of rotatable bonds is 5. The monoisotopic (exact) mass is 367 g/mol. The van der Waals surface area contributed by atoms with Gasteiger partial charge in [-0.2, -0.15) is 0 Å². The highest BCUT2D eigenvalue weighted by molar-refractivity contribution is 7.98. The molecule has 0 aliphatic rings. The summed E-state index contributed by atoms with van der Waals surface area (Å²) >= 11 is 1.58. The zero-order chi connectivity index (χ0) is 19.0. The number of carboxylic acid groups (broad SMARTS) is 1. The fraction of sp³-hybridized carbons (Fsp3) is 0.200. The molecule has 0 fully saturated rings. The van der Waals surface area contributed by atoms with Gasteiger partial charge in [0.2, 0.25) is 0 Å². The van der Waals surface area contributed by atoms with E-state index in [4.69, 9.17) is 0 Å². The third kappa shape index (κ3) is 3.20. The average Bonchev–Trinajstić information content (AvgIpc) is 2.97. The summed E-state index contributed by atoms with van der Waals surface area (Å²) in [5.41, 5.74) is 3.89. The molecule has 0 spiro atoms. The van der Waals surface area contributed by atoms with Gasteiger partial charge < -0.3 is 14.6 Å². The van der Waals surface area contributed by atoms with Crippen molar-refractivity contribution in [2.75, 3.05) is 25.3 Å². The summed E-state index contributed by atoms with van der Waals surface area (Å²) in [5, 5.41) is 11.1. The predicted octanol–water partition coefficient (Wildman–Crippen LogP) is 4.12. The second kappa shape index (κ2) is 6.88. The Bertz CT molecular complexity index is 1020. The van der Waals surface area contributed by atoms with Crippen LogP contribution in [0.25, 0.3) is 16.5 Å². The first-order valence-corrected chi connectivity index (χ1v) is 9.29. The largest absolute Gasteiger partial charge is 0.478 e. The number of thioether (sulfide) groups is 1. The first kappa shape index (κ1) is 18.1. The number of aromatic carboxylic acids is 1. The number of hydrogen-bond acceptors (Lipinski definition) is 4. The number of carboxylic acids is 1. The number of benzene rings is 1. The van der Waals surface area contributed by atoms with Gasteiger partial charge in [0.1, 0.15) is 5.82 Å². The molecule has 5 nitrogen and oxygen atoms in total. The van der Waals surface area contributed by atoms with E-state index < -0.39 is 5.97 Å². The maximum Gasteiger partial charge on any atom is 0.337 e. The Hall–Kier alpha value is -2.73. The van der Waals surface area contributed by atoms with Crippen LogP contribution in [0.4, 0.5) is 5.82 Å². The molecule has 26 heavy (non-hydrogen) atoms. The standard InChI is InChI=1S/C20H21N3O2S/c1-12(14-9-18(22(2)3)21-19(10-14)26-5)13-6-7-17-15(8-13)16(20(24)25)11-23(17)4/h6-11H,1H2,2-5H3,(H,24,25). The second-order valence-electron chi connectivity index (χ2n) is 6.32. The lowest BCUT2D eigenvalue weighted by Crippen LogP contribution is -2.11. The average molecular weight is 367 g/mol. The van der Waals surface area contributed by atoms with Crippen LogP contribution in [0, 0.1) is 0 Å². The number of pyridine rings is 1. The van der Waals surface area contributed by atoms with Gasteiger partial charge in [-0.05, 0) is 47.2 Å². The van der Waals surface area contributed by atoms with Crippen LogP contribution in [-0.2, 0) is 7.05 Å². The van der Waals surface area contributed by atoms with Gasteiger partial charge in [0, 0.05) is 38.2 Å². The van der Waals surface area contributed by atoms with Gasteiger partial charge in [0.25, 0.3) is 0 Å². The van der Waals surface area contributed by atoms with Crippen LogP contribution < -0.4 is 4.90 Å². The van der Waals surface area contributed by atoms with Crippen LogP contribution in [0.5, 0.6) is 0 Å². The van der Waals surface area contributed by atoms with E-state index in [1.54, 1.807) is 18.0 Å². The highest BCUT2D eigenvalue weighted by atomic mass is 32.2. The van der Waals surface area contributed by atoms with E-state index in [1.165, 1.54) is 0 Å².